The van der Waals surface area contributed by atoms with Gasteiger partial charge in [-0.05, 0) is 55.4 Å². The first kappa shape index (κ1) is 19.9. The molecule has 2 heterocycles. The highest BCUT2D eigenvalue weighted by atomic mass is 32.1. The zero-order valence-corrected chi connectivity index (χ0v) is 17.8. The molecule has 0 bridgehead atoms. The summed E-state index contributed by atoms with van der Waals surface area (Å²) in [6.07, 6.45) is 7.13. The SMILES string of the molecule is C[C@@H](NC(=O)C1CCC(C(C)(C)C)CC1)[C@H](c1cccs1)[NH+]1CCCC1. The van der Waals surface area contributed by atoms with Crippen LogP contribution in [-0.2, 0) is 4.79 Å². The fraction of sp³-hybridized carbons (Fsp3) is 0.773. The summed E-state index contributed by atoms with van der Waals surface area (Å²) in [7, 11) is 0. The van der Waals surface area contributed by atoms with E-state index in [4.69, 9.17) is 0 Å². The molecular weight excluding hydrogens is 340 g/mol. The Kier molecular flexibility index (Phi) is 6.45. The van der Waals surface area contributed by atoms with Crippen molar-refractivity contribution in [3.8, 4) is 0 Å². The van der Waals surface area contributed by atoms with Gasteiger partial charge >= 0.3 is 0 Å². The second-order valence-corrected chi connectivity index (χ2v) is 10.5. The van der Waals surface area contributed by atoms with Crippen LogP contribution in [0.2, 0.25) is 0 Å². The summed E-state index contributed by atoms with van der Waals surface area (Å²) in [5.41, 5.74) is 0.373. The maximum absolute atomic E-state index is 12.9. The van der Waals surface area contributed by atoms with Crippen molar-refractivity contribution in [3.63, 3.8) is 0 Å². The summed E-state index contributed by atoms with van der Waals surface area (Å²) in [5, 5.41) is 5.58. The molecule has 0 radical (unpaired) electrons. The minimum absolute atomic E-state index is 0.203. The molecule has 2 fully saturated rings. The van der Waals surface area contributed by atoms with Gasteiger partial charge in [-0.3, -0.25) is 4.79 Å². The average molecular weight is 378 g/mol. The Morgan fingerprint density at radius 1 is 1.19 bits per heavy atom. The summed E-state index contributed by atoms with van der Waals surface area (Å²) in [5.74, 6) is 1.27. The van der Waals surface area contributed by atoms with Crippen molar-refractivity contribution < 1.29 is 9.69 Å². The number of amides is 1. The van der Waals surface area contributed by atoms with E-state index in [-0.39, 0.29) is 12.0 Å². The van der Waals surface area contributed by atoms with Gasteiger partial charge < -0.3 is 10.2 Å². The van der Waals surface area contributed by atoms with Gasteiger partial charge in [-0.15, -0.1) is 11.3 Å². The van der Waals surface area contributed by atoms with Gasteiger partial charge in [0.2, 0.25) is 5.91 Å². The van der Waals surface area contributed by atoms with E-state index in [1.807, 2.05) is 11.3 Å². The number of nitrogens with one attached hydrogen (secondary N) is 2. The number of thiophene rings is 1. The number of hydrogen-bond acceptors (Lipinski definition) is 2. The standard InChI is InChI=1S/C22H36N2OS/c1-16(20(19-8-7-15-26-19)24-13-5-6-14-24)23-21(25)17-9-11-18(12-10-17)22(2,3)4/h7-8,15-18,20H,5-6,9-14H2,1-4H3,(H,23,25)/p+1/t16-,17?,18?,20-/m1/s1. The molecule has 1 saturated heterocycles. The van der Waals surface area contributed by atoms with E-state index < -0.39 is 0 Å². The van der Waals surface area contributed by atoms with Gasteiger partial charge in [0.15, 0.2) is 0 Å². The third-order valence-electron chi connectivity index (χ3n) is 6.73. The van der Waals surface area contributed by atoms with E-state index in [0.717, 1.165) is 18.8 Å². The van der Waals surface area contributed by atoms with Crippen molar-refractivity contribution >= 4 is 17.2 Å². The Bertz CT molecular complexity index is 563. The lowest BCUT2D eigenvalue weighted by atomic mass is 9.69. The Morgan fingerprint density at radius 3 is 2.38 bits per heavy atom. The predicted molar refractivity (Wildman–Crippen MR) is 109 cm³/mol. The van der Waals surface area contributed by atoms with E-state index in [1.54, 1.807) is 4.90 Å². The molecular formula is C22H37N2OS+. The van der Waals surface area contributed by atoms with Crippen molar-refractivity contribution in [1.82, 2.24) is 5.32 Å². The summed E-state index contributed by atoms with van der Waals surface area (Å²) >= 11 is 1.84. The molecule has 1 aliphatic carbocycles. The topological polar surface area (TPSA) is 33.5 Å². The summed E-state index contributed by atoms with van der Waals surface area (Å²) in [4.78, 5) is 16.0. The largest absolute Gasteiger partial charge is 0.347 e. The molecule has 1 aromatic heterocycles. The lowest BCUT2D eigenvalue weighted by Gasteiger charge is -2.37. The summed E-state index contributed by atoms with van der Waals surface area (Å²) in [6, 6.07) is 5.00. The van der Waals surface area contributed by atoms with Crippen LogP contribution in [0.25, 0.3) is 0 Å². The van der Waals surface area contributed by atoms with Crippen LogP contribution in [0.5, 0.6) is 0 Å². The Morgan fingerprint density at radius 2 is 1.85 bits per heavy atom. The lowest BCUT2D eigenvalue weighted by molar-refractivity contribution is -0.920. The van der Waals surface area contributed by atoms with Crippen LogP contribution in [0.3, 0.4) is 0 Å². The highest BCUT2D eigenvalue weighted by Gasteiger charge is 2.36. The highest BCUT2D eigenvalue weighted by Crippen LogP contribution is 2.39. The van der Waals surface area contributed by atoms with Crippen LogP contribution in [0.15, 0.2) is 17.5 Å². The number of carbonyl (C=O) groups excluding carboxylic acids is 1. The lowest BCUT2D eigenvalue weighted by Crippen LogP contribution is -3.11. The van der Waals surface area contributed by atoms with Crippen molar-refractivity contribution in [2.75, 3.05) is 13.1 Å². The van der Waals surface area contributed by atoms with Gasteiger partial charge in [-0.2, -0.15) is 0 Å². The van der Waals surface area contributed by atoms with E-state index in [9.17, 15) is 4.79 Å². The number of carbonyl (C=O) groups is 1. The van der Waals surface area contributed by atoms with Crippen molar-refractivity contribution in [2.45, 2.75) is 78.3 Å². The number of likely N-dealkylation sites (tertiary alicyclic amines) is 1. The molecule has 4 heteroatoms. The zero-order valence-electron chi connectivity index (χ0n) is 17.0. The van der Waals surface area contributed by atoms with E-state index in [2.05, 4.69) is 50.5 Å². The van der Waals surface area contributed by atoms with E-state index >= 15 is 0 Å². The molecule has 0 spiro atoms. The second-order valence-electron chi connectivity index (χ2n) is 9.57. The van der Waals surface area contributed by atoms with Crippen LogP contribution in [0, 0.1) is 17.3 Å². The van der Waals surface area contributed by atoms with Crippen LogP contribution in [0.4, 0.5) is 0 Å². The normalized spacial score (nSPS) is 27.2. The minimum Gasteiger partial charge on any atom is -0.347 e. The third-order valence-corrected chi connectivity index (χ3v) is 7.68. The fourth-order valence-electron chi connectivity index (χ4n) is 5.06. The molecule has 2 aliphatic rings. The molecule has 0 aromatic carbocycles. The third kappa shape index (κ3) is 4.69. The first-order valence-electron chi connectivity index (χ1n) is 10.5. The van der Waals surface area contributed by atoms with Gasteiger partial charge in [-0.25, -0.2) is 0 Å². The van der Waals surface area contributed by atoms with Crippen LogP contribution < -0.4 is 10.2 Å². The van der Waals surface area contributed by atoms with E-state index in [1.165, 1.54) is 43.6 Å². The van der Waals surface area contributed by atoms with Gasteiger partial charge in [0.1, 0.15) is 6.04 Å². The van der Waals surface area contributed by atoms with E-state index in [0.29, 0.717) is 17.4 Å². The predicted octanol–water partition coefficient (Wildman–Crippen LogP) is 3.83. The van der Waals surface area contributed by atoms with Gasteiger partial charge in [0, 0.05) is 18.8 Å². The molecule has 1 amide bonds. The molecule has 146 valence electrons. The van der Waals surface area contributed by atoms with Gasteiger partial charge in [-0.1, -0.05) is 26.8 Å². The summed E-state index contributed by atoms with van der Waals surface area (Å²) in [6.45, 7) is 11.7. The van der Waals surface area contributed by atoms with Crippen molar-refractivity contribution in [3.05, 3.63) is 22.4 Å². The molecule has 1 aromatic rings. The van der Waals surface area contributed by atoms with Crippen molar-refractivity contribution in [1.29, 1.82) is 0 Å². The molecule has 1 aliphatic heterocycles. The molecule has 26 heavy (non-hydrogen) atoms. The van der Waals surface area contributed by atoms with Crippen molar-refractivity contribution in [2.24, 2.45) is 17.3 Å². The Hall–Kier alpha value is -0.870. The first-order chi connectivity index (χ1) is 12.4. The Balaban J connectivity index is 1.59. The number of rotatable bonds is 5. The highest BCUT2D eigenvalue weighted by molar-refractivity contribution is 7.10. The van der Waals surface area contributed by atoms with Crippen LogP contribution in [0.1, 0.15) is 77.1 Å². The molecule has 2 N–H and O–H groups in total. The molecule has 1 saturated carbocycles. The quantitative estimate of drug-likeness (QED) is 0.803. The maximum Gasteiger partial charge on any atom is 0.223 e. The minimum atomic E-state index is 0.203. The number of hydrogen-bond donors (Lipinski definition) is 2. The second kappa shape index (κ2) is 8.43. The summed E-state index contributed by atoms with van der Waals surface area (Å²) < 4.78 is 0. The van der Waals surface area contributed by atoms with Gasteiger partial charge in [0.25, 0.3) is 0 Å². The molecule has 3 rings (SSSR count). The first-order valence-corrected chi connectivity index (χ1v) is 11.4. The van der Waals surface area contributed by atoms with Gasteiger partial charge in [0.05, 0.1) is 24.0 Å². The zero-order chi connectivity index (χ0) is 18.7. The smallest absolute Gasteiger partial charge is 0.223 e. The number of quaternary nitrogens is 1. The molecule has 2 atom stereocenters. The maximum atomic E-state index is 12.9. The molecule has 3 nitrogen and oxygen atoms in total. The Labute approximate surface area is 163 Å². The van der Waals surface area contributed by atoms with Crippen LogP contribution in [-0.4, -0.2) is 25.0 Å². The monoisotopic (exact) mass is 377 g/mol. The van der Waals surface area contributed by atoms with Crippen LogP contribution >= 0.6 is 11.3 Å². The average Bonchev–Trinajstić information content (AvgIpc) is 3.29. The molecule has 0 unspecified atom stereocenters. The fourth-order valence-corrected chi connectivity index (χ4v) is 6.05.